The zero-order valence-electron chi connectivity index (χ0n) is 10.2. The molecule has 0 saturated heterocycles. The minimum atomic E-state index is 0.386. The molecule has 3 N–H and O–H groups in total. The normalized spacial score (nSPS) is 10.3. The number of nitrogens with two attached hydrogens (primary N) is 1. The number of nitrogens with zero attached hydrogens (tertiary/aromatic N) is 2. The van der Waals surface area contributed by atoms with Crippen molar-refractivity contribution in [3.63, 3.8) is 0 Å². The van der Waals surface area contributed by atoms with Crippen molar-refractivity contribution in [2.24, 2.45) is 5.73 Å². The van der Waals surface area contributed by atoms with E-state index in [-0.39, 0.29) is 0 Å². The Kier molecular flexibility index (Phi) is 3.88. The third-order valence-electron chi connectivity index (χ3n) is 2.35. The number of thiocarbonyl (C=S) groups is 1. The number of anilines is 1. The van der Waals surface area contributed by atoms with Gasteiger partial charge in [0.25, 0.3) is 0 Å². The van der Waals surface area contributed by atoms with Crippen LogP contribution in [-0.4, -0.2) is 15.0 Å². The van der Waals surface area contributed by atoms with Crippen LogP contribution in [0.25, 0.3) is 0 Å². The van der Waals surface area contributed by atoms with Gasteiger partial charge in [-0.15, -0.1) is 11.3 Å². The summed E-state index contributed by atoms with van der Waals surface area (Å²) in [6.45, 7) is 4.62. The second-order valence-electron chi connectivity index (χ2n) is 3.95. The molecule has 2 aromatic heterocycles. The fraction of sp³-hybridized carbons (Fsp3) is 0.250. The predicted molar refractivity (Wildman–Crippen MR) is 79.0 cm³/mol. The van der Waals surface area contributed by atoms with E-state index in [1.54, 1.807) is 11.3 Å². The Morgan fingerprint density at radius 2 is 2.22 bits per heavy atom. The summed E-state index contributed by atoms with van der Waals surface area (Å²) in [5.74, 6) is 0.781. The Labute approximate surface area is 115 Å². The van der Waals surface area contributed by atoms with Crippen molar-refractivity contribution < 1.29 is 0 Å². The Balaban J connectivity index is 2.11. The zero-order chi connectivity index (χ0) is 13.1. The lowest BCUT2D eigenvalue weighted by molar-refractivity contribution is 1.10. The standard InChI is InChI=1S/C12H14N4S2/c1-7-3-9(12(13)17)4-11(16-7)15-6-10-5-14-8(2)18-10/h3-5H,6H2,1-2H3,(H2,13,17)(H,15,16). The van der Waals surface area contributed by atoms with E-state index in [0.717, 1.165) is 22.1 Å². The molecule has 0 spiro atoms. The SMILES string of the molecule is Cc1cc(C(N)=S)cc(NCc2cnc(C)s2)n1. The summed E-state index contributed by atoms with van der Waals surface area (Å²) in [5.41, 5.74) is 7.36. The number of nitrogens with one attached hydrogen (secondary N) is 1. The van der Waals surface area contributed by atoms with Crippen LogP contribution in [0.2, 0.25) is 0 Å². The van der Waals surface area contributed by atoms with Crippen molar-refractivity contribution in [1.82, 2.24) is 9.97 Å². The number of aromatic nitrogens is 2. The Morgan fingerprint density at radius 3 is 2.83 bits per heavy atom. The molecule has 0 aliphatic heterocycles. The van der Waals surface area contributed by atoms with Gasteiger partial charge in [0.1, 0.15) is 10.8 Å². The van der Waals surface area contributed by atoms with Crippen LogP contribution in [0.1, 0.15) is 21.1 Å². The van der Waals surface area contributed by atoms with Gasteiger partial charge in [0.2, 0.25) is 0 Å². The summed E-state index contributed by atoms with van der Waals surface area (Å²) >= 11 is 6.65. The lowest BCUT2D eigenvalue weighted by Gasteiger charge is -2.07. The Hall–Kier alpha value is -1.53. The van der Waals surface area contributed by atoms with Gasteiger partial charge in [0, 0.05) is 22.3 Å². The van der Waals surface area contributed by atoms with Crippen molar-refractivity contribution in [2.45, 2.75) is 20.4 Å². The van der Waals surface area contributed by atoms with Crippen LogP contribution in [0.3, 0.4) is 0 Å². The van der Waals surface area contributed by atoms with E-state index in [1.807, 2.05) is 32.2 Å². The summed E-state index contributed by atoms with van der Waals surface area (Å²) in [7, 11) is 0. The number of hydrogen-bond acceptors (Lipinski definition) is 5. The number of aryl methyl sites for hydroxylation is 2. The van der Waals surface area contributed by atoms with Crippen molar-refractivity contribution in [2.75, 3.05) is 5.32 Å². The van der Waals surface area contributed by atoms with E-state index in [9.17, 15) is 0 Å². The Morgan fingerprint density at radius 1 is 1.44 bits per heavy atom. The molecule has 0 amide bonds. The largest absolute Gasteiger partial charge is 0.389 e. The van der Waals surface area contributed by atoms with E-state index in [0.29, 0.717) is 11.5 Å². The predicted octanol–water partition coefficient (Wildman–Crippen LogP) is 2.40. The maximum Gasteiger partial charge on any atom is 0.127 e. The van der Waals surface area contributed by atoms with Crippen molar-refractivity contribution >= 4 is 34.4 Å². The molecular formula is C12H14N4S2. The summed E-state index contributed by atoms with van der Waals surface area (Å²) in [4.78, 5) is 10.2. The molecule has 2 heterocycles. The Bertz CT molecular complexity index is 577. The first-order valence-corrected chi connectivity index (χ1v) is 6.71. The molecule has 0 bridgehead atoms. The van der Waals surface area contributed by atoms with Crippen LogP contribution in [0, 0.1) is 13.8 Å². The van der Waals surface area contributed by atoms with Gasteiger partial charge in [-0.05, 0) is 26.0 Å². The highest BCUT2D eigenvalue weighted by atomic mass is 32.1. The van der Waals surface area contributed by atoms with E-state index < -0.39 is 0 Å². The summed E-state index contributed by atoms with van der Waals surface area (Å²) < 4.78 is 0. The van der Waals surface area contributed by atoms with E-state index in [2.05, 4.69) is 15.3 Å². The van der Waals surface area contributed by atoms with Gasteiger partial charge in [0.05, 0.1) is 11.6 Å². The molecule has 0 aliphatic carbocycles. The monoisotopic (exact) mass is 278 g/mol. The second-order valence-corrected chi connectivity index (χ2v) is 5.70. The molecule has 0 fully saturated rings. The lowest BCUT2D eigenvalue weighted by atomic mass is 10.2. The van der Waals surface area contributed by atoms with E-state index >= 15 is 0 Å². The third kappa shape index (κ3) is 3.24. The summed E-state index contributed by atoms with van der Waals surface area (Å²) in [6, 6.07) is 3.74. The van der Waals surface area contributed by atoms with Gasteiger partial charge < -0.3 is 11.1 Å². The number of rotatable bonds is 4. The molecule has 0 saturated carbocycles. The molecule has 0 unspecified atom stereocenters. The van der Waals surface area contributed by atoms with Crippen molar-refractivity contribution in [1.29, 1.82) is 0 Å². The smallest absolute Gasteiger partial charge is 0.127 e. The van der Waals surface area contributed by atoms with Gasteiger partial charge in [-0.2, -0.15) is 0 Å². The van der Waals surface area contributed by atoms with Crippen LogP contribution in [0.15, 0.2) is 18.3 Å². The van der Waals surface area contributed by atoms with Gasteiger partial charge in [-0.1, -0.05) is 12.2 Å². The number of hydrogen-bond donors (Lipinski definition) is 2. The second kappa shape index (κ2) is 5.41. The number of thiazole rings is 1. The van der Waals surface area contributed by atoms with Crippen LogP contribution in [-0.2, 0) is 6.54 Å². The zero-order valence-corrected chi connectivity index (χ0v) is 11.9. The maximum atomic E-state index is 5.63. The average Bonchev–Trinajstić information content (AvgIpc) is 2.72. The first-order valence-electron chi connectivity index (χ1n) is 5.48. The van der Waals surface area contributed by atoms with Crippen molar-refractivity contribution in [3.05, 3.63) is 39.5 Å². The molecule has 94 valence electrons. The fourth-order valence-corrected chi connectivity index (χ4v) is 2.42. The minimum absolute atomic E-state index is 0.386. The van der Waals surface area contributed by atoms with Gasteiger partial charge in [0.15, 0.2) is 0 Å². The van der Waals surface area contributed by atoms with E-state index in [4.69, 9.17) is 18.0 Å². The molecule has 0 radical (unpaired) electrons. The molecule has 6 heteroatoms. The molecule has 4 nitrogen and oxygen atoms in total. The van der Waals surface area contributed by atoms with E-state index in [1.165, 1.54) is 4.88 Å². The fourth-order valence-electron chi connectivity index (χ4n) is 1.57. The van der Waals surface area contributed by atoms with Gasteiger partial charge in [-0.3, -0.25) is 0 Å². The van der Waals surface area contributed by atoms with Gasteiger partial charge in [-0.25, -0.2) is 9.97 Å². The first kappa shape index (κ1) is 12.9. The number of pyridine rings is 1. The maximum absolute atomic E-state index is 5.63. The molecular weight excluding hydrogens is 264 g/mol. The highest BCUT2D eigenvalue weighted by molar-refractivity contribution is 7.80. The highest BCUT2D eigenvalue weighted by Crippen LogP contribution is 2.15. The summed E-state index contributed by atoms with van der Waals surface area (Å²) in [5, 5.41) is 4.32. The lowest BCUT2D eigenvalue weighted by Crippen LogP contribution is -2.11. The van der Waals surface area contributed by atoms with Crippen LogP contribution in [0.5, 0.6) is 0 Å². The molecule has 0 aromatic carbocycles. The molecule has 0 atom stereocenters. The quantitative estimate of drug-likeness (QED) is 0.841. The topological polar surface area (TPSA) is 63.8 Å². The highest BCUT2D eigenvalue weighted by Gasteiger charge is 2.03. The molecule has 2 aromatic rings. The summed E-state index contributed by atoms with van der Waals surface area (Å²) in [6.07, 6.45) is 1.87. The average molecular weight is 278 g/mol. The van der Waals surface area contributed by atoms with Crippen LogP contribution >= 0.6 is 23.6 Å². The molecule has 18 heavy (non-hydrogen) atoms. The van der Waals surface area contributed by atoms with Gasteiger partial charge >= 0.3 is 0 Å². The third-order valence-corrected chi connectivity index (χ3v) is 3.50. The minimum Gasteiger partial charge on any atom is -0.389 e. The first-order chi connectivity index (χ1) is 8.54. The molecule has 2 rings (SSSR count). The van der Waals surface area contributed by atoms with Crippen LogP contribution < -0.4 is 11.1 Å². The van der Waals surface area contributed by atoms with Crippen LogP contribution in [0.4, 0.5) is 5.82 Å². The van der Waals surface area contributed by atoms with Crippen molar-refractivity contribution in [3.8, 4) is 0 Å². The molecule has 0 aliphatic rings.